The van der Waals surface area contributed by atoms with Crippen LogP contribution in [0.5, 0.6) is 0 Å². The minimum Gasteiger partial charge on any atom is -0.275 e. The van der Waals surface area contributed by atoms with Gasteiger partial charge < -0.3 is 0 Å². The minimum atomic E-state index is -0.0604. The van der Waals surface area contributed by atoms with E-state index in [-0.39, 0.29) is 6.04 Å². The number of nitrogens with two attached hydrogens (primary N) is 1. The number of aryl methyl sites for hydroxylation is 3. The molecule has 1 unspecified atom stereocenters. The molecule has 4 heteroatoms. The number of rotatable bonds is 3. The van der Waals surface area contributed by atoms with Gasteiger partial charge in [-0.15, -0.1) is 0 Å². The number of hydrazine groups is 1. The van der Waals surface area contributed by atoms with Gasteiger partial charge in [-0.25, -0.2) is 5.43 Å². The highest BCUT2D eigenvalue weighted by molar-refractivity contribution is 5.34. The molecule has 0 aliphatic carbocycles. The molecule has 2 rings (SSSR count). The Hall–Kier alpha value is -1.65. The first kappa shape index (κ1) is 11.8. The Morgan fingerprint density at radius 2 is 1.88 bits per heavy atom. The van der Waals surface area contributed by atoms with Crippen LogP contribution in [0.1, 0.15) is 28.4 Å². The lowest BCUT2D eigenvalue weighted by molar-refractivity contribution is 0.603. The van der Waals surface area contributed by atoms with Crippen molar-refractivity contribution in [2.24, 2.45) is 12.9 Å². The van der Waals surface area contributed by atoms with Crippen LogP contribution in [0.15, 0.2) is 30.5 Å². The van der Waals surface area contributed by atoms with Crippen LogP contribution in [0.25, 0.3) is 0 Å². The smallest absolute Gasteiger partial charge is 0.0900 e. The summed E-state index contributed by atoms with van der Waals surface area (Å²) >= 11 is 0. The predicted molar refractivity (Wildman–Crippen MR) is 68.3 cm³/mol. The molecule has 1 heterocycles. The summed E-state index contributed by atoms with van der Waals surface area (Å²) in [6.07, 6.45) is 1.92. The largest absolute Gasteiger partial charge is 0.275 e. The number of nitrogens with zero attached hydrogens (tertiary/aromatic N) is 2. The fourth-order valence-electron chi connectivity index (χ4n) is 2.12. The summed E-state index contributed by atoms with van der Waals surface area (Å²) in [6, 6.07) is 8.32. The zero-order valence-electron chi connectivity index (χ0n) is 10.4. The van der Waals surface area contributed by atoms with E-state index in [0.29, 0.717) is 0 Å². The summed E-state index contributed by atoms with van der Waals surface area (Å²) in [5, 5.41) is 4.39. The van der Waals surface area contributed by atoms with Crippen LogP contribution in [0.2, 0.25) is 0 Å². The molecule has 0 aliphatic rings. The topological polar surface area (TPSA) is 55.9 Å². The molecule has 2 aromatic rings. The predicted octanol–water partition coefficient (Wildman–Crippen LogP) is 1.59. The fourth-order valence-corrected chi connectivity index (χ4v) is 2.12. The molecular weight excluding hydrogens is 212 g/mol. The number of hydrogen-bond acceptors (Lipinski definition) is 3. The maximum atomic E-state index is 5.65. The van der Waals surface area contributed by atoms with Gasteiger partial charge in [0.15, 0.2) is 0 Å². The van der Waals surface area contributed by atoms with E-state index in [1.807, 2.05) is 19.3 Å². The Balaban J connectivity index is 2.41. The molecule has 90 valence electrons. The van der Waals surface area contributed by atoms with Crippen LogP contribution in [-0.2, 0) is 7.05 Å². The Kier molecular flexibility index (Phi) is 3.26. The van der Waals surface area contributed by atoms with Gasteiger partial charge >= 0.3 is 0 Å². The van der Waals surface area contributed by atoms with Crippen molar-refractivity contribution in [3.8, 4) is 0 Å². The highest BCUT2D eigenvalue weighted by Gasteiger charge is 2.15. The van der Waals surface area contributed by atoms with Crippen LogP contribution >= 0.6 is 0 Å². The molecule has 17 heavy (non-hydrogen) atoms. The van der Waals surface area contributed by atoms with Gasteiger partial charge in [-0.1, -0.05) is 29.3 Å². The molecule has 0 amide bonds. The summed E-state index contributed by atoms with van der Waals surface area (Å²) in [5.41, 5.74) is 7.36. The van der Waals surface area contributed by atoms with Crippen molar-refractivity contribution in [1.29, 1.82) is 0 Å². The molecule has 0 saturated heterocycles. The Morgan fingerprint density at radius 1 is 1.24 bits per heavy atom. The first-order chi connectivity index (χ1) is 8.10. The van der Waals surface area contributed by atoms with E-state index in [1.54, 1.807) is 4.68 Å². The maximum absolute atomic E-state index is 5.65. The minimum absolute atomic E-state index is 0.0604. The molecule has 0 spiro atoms. The van der Waals surface area contributed by atoms with Crippen molar-refractivity contribution in [3.63, 3.8) is 0 Å². The average molecular weight is 230 g/mol. The normalized spacial score (nSPS) is 12.7. The van der Waals surface area contributed by atoms with E-state index in [0.717, 1.165) is 11.3 Å². The van der Waals surface area contributed by atoms with Crippen molar-refractivity contribution in [2.75, 3.05) is 0 Å². The molecule has 0 aliphatic heterocycles. The zero-order valence-corrected chi connectivity index (χ0v) is 10.4. The molecule has 0 fully saturated rings. The van der Waals surface area contributed by atoms with Gasteiger partial charge in [0.2, 0.25) is 0 Å². The number of nitrogens with one attached hydrogen (secondary N) is 1. The molecular formula is C13H18N4. The molecule has 4 nitrogen and oxygen atoms in total. The first-order valence-corrected chi connectivity index (χ1v) is 5.64. The molecule has 1 atom stereocenters. The van der Waals surface area contributed by atoms with Gasteiger partial charge in [-0.3, -0.25) is 10.5 Å². The lowest BCUT2D eigenvalue weighted by atomic mass is 10.00. The average Bonchev–Trinajstić information content (AvgIpc) is 2.64. The first-order valence-electron chi connectivity index (χ1n) is 5.64. The number of benzene rings is 1. The van der Waals surface area contributed by atoms with Crippen molar-refractivity contribution in [3.05, 3.63) is 52.8 Å². The number of aromatic nitrogens is 2. The monoisotopic (exact) mass is 230 g/mol. The molecule has 0 radical (unpaired) electrons. The van der Waals surface area contributed by atoms with E-state index >= 15 is 0 Å². The van der Waals surface area contributed by atoms with E-state index in [2.05, 4.69) is 42.6 Å². The van der Waals surface area contributed by atoms with Crippen LogP contribution in [0, 0.1) is 13.8 Å². The van der Waals surface area contributed by atoms with Crippen LogP contribution in [0.3, 0.4) is 0 Å². The lowest BCUT2D eigenvalue weighted by Crippen LogP contribution is -2.29. The van der Waals surface area contributed by atoms with Crippen LogP contribution < -0.4 is 11.3 Å². The van der Waals surface area contributed by atoms with Gasteiger partial charge in [0.25, 0.3) is 0 Å². The highest BCUT2D eigenvalue weighted by atomic mass is 15.3. The molecule has 1 aromatic heterocycles. The lowest BCUT2D eigenvalue weighted by Gasteiger charge is -2.15. The second-order valence-electron chi connectivity index (χ2n) is 4.43. The van der Waals surface area contributed by atoms with Crippen molar-refractivity contribution in [1.82, 2.24) is 15.2 Å². The summed E-state index contributed by atoms with van der Waals surface area (Å²) in [4.78, 5) is 0. The van der Waals surface area contributed by atoms with E-state index in [4.69, 9.17) is 5.84 Å². The third-order valence-corrected chi connectivity index (χ3v) is 2.77. The summed E-state index contributed by atoms with van der Waals surface area (Å²) in [5.74, 6) is 5.65. The third-order valence-electron chi connectivity index (χ3n) is 2.77. The quantitative estimate of drug-likeness (QED) is 0.622. The van der Waals surface area contributed by atoms with E-state index < -0.39 is 0 Å². The summed E-state index contributed by atoms with van der Waals surface area (Å²) in [7, 11) is 1.90. The van der Waals surface area contributed by atoms with Crippen molar-refractivity contribution in [2.45, 2.75) is 19.9 Å². The van der Waals surface area contributed by atoms with Gasteiger partial charge in [0.1, 0.15) is 0 Å². The molecule has 3 N–H and O–H groups in total. The molecule has 0 saturated carbocycles. The van der Waals surface area contributed by atoms with Crippen molar-refractivity contribution < 1.29 is 0 Å². The Labute approximate surface area is 101 Å². The Bertz CT molecular complexity index is 496. The number of hydrogen-bond donors (Lipinski definition) is 2. The summed E-state index contributed by atoms with van der Waals surface area (Å²) in [6.45, 7) is 4.17. The fraction of sp³-hybridized carbons (Fsp3) is 0.308. The van der Waals surface area contributed by atoms with Crippen LogP contribution in [-0.4, -0.2) is 9.78 Å². The molecule has 0 bridgehead atoms. The highest BCUT2D eigenvalue weighted by Crippen LogP contribution is 2.21. The zero-order chi connectivity index (χ0) is 12.4. The summed E-state index contributed by atoms with van der Waals surface area (Å²) < 4.78 is 1.78. The van der Waals surface area contributed by atoms with E-state index in [9.17, 15) is 0 Å². The van der Waals surface area contributed by atoms with Crippen molar-refractivity contribution >= 4 is 0 Å². The van der Waals surface area contributed by atoms with Gasteiger partial charge in [-0.05, 0) is 25.5 Å². The second-order valence-corrected chi connectivity index (χ2v) is 4.43. The third kappa shape index (κ3) is 2.54. The molecule has 1 aromatic carbocycles. The SMILES string of the molecule is Cc1cc(C)cc(C(NN)c2ccn(C)n2)c1. The standard InChI is InChI=1S/C13H18N4/c1-9-6-10(2)8-11(7-9)13(15-14)12-4-5-17(3)16-12/h4-8,13,15H,14H2,1-3H3. The van der Waals surface area contributed by atoms with Gasteiger partial charge in [0, 0.05) is 13.2 Å². The van der Waals surface area contributed by atoms with E-state index in [1.165, 1.54) is 11.1 Å². The van der Waals surface area contributed by atoms with Crippen LogP contribution in [0.4, 0.5) is 0 Å². The van der Waals surface area contributed by atoms with Gasteiger partial charge in [0.05, 0.1) is 11.7 Å². The Morgan fingerprint density at radius 3 is 2.35 bits per heavy atom. The second kappa shape index (κ2) is 4.69. The van der Waals surface area contributed by atoms with Gasteiger partial charge in [-0.2, -0.15) is 5.10 Å². The maximum Gasteiger partial charge on any atom is 0.0900 e.